The quantitative estimate of drug-likeness (QED) is 0.440. The molecule has 1 aliphatic rings. The number of fused-ring (bicyclic) bond motifs is 1. The lowest BCUT2D eigenvalue weighted by atomic mass is 10.0. The van der Waals surface area contributed by atoms with Crippen LogP contribution >= 0.6 is 0 Å². The van der Waals surface area contributed by atoms with Crippen LogP contribution in [0.25, 0.3) is 10.9 Å². The molecule has 5 heteroatoms. The number of anilines is 2. The zero-order valence-corrected chi connectivity index (χ0v) is 20.0. The van der Waals surface area contributed by atoms with Gasteiger partial charge in [0.2, 0.25) is 0 Å². The second-order valence-corrected chi connectivity index (χ2v) is 9.06. The average Bonchev–Trinajstić information content (AvgIpc) is 2.82. The maximum Gasteiger partial charge on any atom is 0.136 e. The van der Waals surface area contributed by atoms with E-state index in [1.54, 1.807) is 0 Å². The molecule has 0 radical (unpaired) electrons. The van der Waals surface area contributed by atoms with Crippen molar-refractivity contribution in [1.82, 2.24) is 15.0 Å². The van der Waals surface area contributed by atoms with E-state index < -0.39 is 0 Å². The lowest BCUT2D eigenvalue weighted by Gasteiger charge is -2.37. The van der Waals surface area contributed by atoms with Crippen molar-refractivity contribution in [3.8, 4) is 0 Å². The summed E-state index contributed by atoms with van der Waals surface area (Å²) in [6.45, 7) is 12.1. The van der Waals surface area contributed by atoms with Gasteiger partial charge in [-0.1, -0.05) is 48.5 Å². The van der Waals surface area contributed by atoms with E-state index in [1.807, 2.05) is 6.92 Å². The van der Waals surface area contributed by atoms with Gasteiger partial charge in [-0.2, -0.15) is 0 Å². The highest BCUT2D eigenvalue weighted by atomic mass is 15.3. The molecule has 33 heavy (non-hydrogen) atoms. The Morgan fingerprint density at radius 3 is 2.21 bits per heavy atom. The largest absolute Gasteiger partial charge is 0.353 e. The molecule has 4 aromatic rings. The van der Waals surface area contributed by atoms with E-state index in [0.29, 0.717) is 0 Å². The maximum absolute atomic E-state index is 5.04. The number of benzene rings is 2. The number of nitrogens with zero attached hydrogens (tertiary/aromatic N) is 5. The van der Waals surface area contributed by atoms with Gasteiger partial charge in [-0.3, -0.25) is 0 Å². The van der Waals surface area contributed by atoms with Gasteiger partial charge < -0.3 is 9.80 Å². The van der Waals surface area contributed by atoms with Gasteiger partial charge in [-0.15, -0.1) is 0 Å². The number of para-hydroxylation sites is 1. The fourth-order valence-electron chi connectivity index (χ4n) is 4.84. The summed E-state index contributed by atoms with van der Waals surface area (Å²) >= 11 is 0. The average molecular weight is 438 g/mol. The van der Waals surface area contributed by atoms with E-state index in [4.69, 9.17) is 9.97 Å². The second-order valence-electron chi connectivity index (χ2n) is 9.06. The number of hydrogen-bond donors (Lipinski definition) is 0. The molecule has 0 unspecified atom stereocenters. The van der Waals surface area contributed by atoms with Crippen LogP contribution in [0.2, 0.25) is 0 Å². The normalized spacial score (nSPS) is 14.2. The first kappa shape index (κ1) is 21.4. The highest BCUT2D eigenvalue weighted by Crippen LogP contribution is 2.28. The second kappa shape index (κ2) is 8.81. The maximum atomic E-state index is 5.04. The Balaban J connectivity index is 1.40. The van der Waals surface area contributed by atoms with Crippen LogP contribution in [-0.4, -0.2) is 41.1 Å². The standard InChI is InChI=1S/C28H31N5/c1-19-9-8-12-24-20(2)17-26(31-27(19)24)32-13-15-33(16-14-32)28-25(21(3)29-22(4)30-28)18-23-10-6-5-7-11-23/h5-12,17H,13-16,18H2,1-4H3. The molecule has 168 valence electrons. The van der Waals surface area contributed by atoms with Gasteiger partial charge in [-0.05, 0) is 50.5 Å². The van der Waals surface area contributed by atoms with Gasteiger partial charge in [0, 0.05) is 49.2 Å². The summed E-state index contributed by atoms with van der Waals surface area (Å²) in [7, 11) is 0. The summed E-state index contributed by atoms with van der Waals surface area (Å²) in [5.41, 5.74) is 7.23. The lowest BCUT2D eigenvalue weighted by molar-refractivity contribution is 0.637. The number of rotatable bonds is 4. The molecule has 0 bridgehead atoms. The Hall–Kier alpha value is -3.47. The lowest BCUT2D eigenvalue weighted by Crippen LogP contribution is -2.47. The third-order valence-electron chi connectivity index (χ3n) is 6.67. The third kappa shape index (κ3) is 4.28. The van der Waals surface area contributed by atoms with Crippen molar-refractivity contribution >= 4 is 22.5 Å². The number of piperazine rings is 1. The van der Waals surface area contributed by atoms with Gasteiger partial charge in [0.05, 0.1) is 5.52 Å². The van der Waals surface area contributed by atoms with Crippen molar-refractivity contribution < 1.29 is 0 Å². The summed E-state index contributed by atoms with van der Waals surface area (Å²) in [5.74, 6) is 3.00. The molecule has 0 saturated carbocycles. The molecule has 5 rings (SSSR count). The first-order chi connectivity index (χ1) is 16.0. The Kier molecular flexibility index (Phi) is 5.71. The van der Waals surface area contributed by atoms with E-state index in [1.165, 1.54) is 27.6 Å². The predicted molar refractivity (Wildman–Crippen MR) is 136 cm³/mol. The molecule has 0 N–H and O–H groups in total. The summed E-state index contributed by atoms with van der Waals surface area (Å²) in [5, 5.41) is 1.25. The Morgan fingerprint density at radius 1 is 0.727 bits per heavy atom. The van der Waals surface area contributed by atoms with Crippen LogP contribution < -0.4 is 9.80 Å². The molecular formula is C28H31N5. The number of pyridine rings is 1. The molecule has 3 heterocycles. The molecule has 0 aliphatic carbocycles. The van der Waals surface area contributed by atoms with Gasteiger partial charge >= 0.3 is 0 Å². The number of hydrogen-bond acceptors (Lipinski definition) is 5. The first-order valence-corrected chi connectivity index (χ1v) is 11.7. The summed E-state index contributed by atoms with van der Waals surface area (Å²) in [6.07, 6.45) is 0.854. The predicted octanol–water partition coefficient (Wildman–Crippen LogP) is 5.18. The molecule has 1 aliphatic heterocycles. The van der Waals surface area contributed by atoms with E-state index >= 15 is 0 Å². The monoisotopic (exact) mass is 437 g/mol. The third-order valence-corrected chi connectivity index (χ3v) is 6.67. The Labute approximate surface area is 196 Å². The van der Waals surface area contributed by atoms with Gasteiger partial charge in [0.15, 0.2) is 0 Å². The fourth-order valence-corrected chi connectivity index (χ4v) is 4.84. The van der Waals surface area contributed by atoms with Crippen LogP contribution in [0.1, 0.15) is 33.8 Å². The van der Waals surface area contributed by atoms with Crippen molar-refractivity contribution in [2.75, 3.05) is 36.0 Å². The molecule has 5 nitrogen and oxygen atoms in total. The molecule has 0 amide bonds. The summed E-state index contributed by atoms with van der Waals surface area (Å²) in [4.78, 5) is 19.5. The molecule has 0 atom stereocenters. The SMILES string of the molecule is Cc1nc(C)c(Cc2ccccc2)c(N2CCN(c3cc(C)c4cccc(C)c4n3)CC2)n1. The van der Waals surface area contributed by atoms with Crippen molar-refractivity contribution in [1.29, 1.82) is 0 Å². The number of aromatic nitrogens is 3. The minimum absolute atomic E-state index is 0.837. The molecule has 0 spiro atoms. The highest BCUT2D eigenvalue weighted by Gasteiger charge is 2.23. The molecular weight excluding hydrogens is 406 g/mol. The van der Waals surface area contributed by atoms with Crippen LogP contribution in [0.5, 0.6) is 0 Å². The van der Waals surface area contributed by atoms with Crippen LogP contribution in [0.15, 0.2) is 54.6 Å². The molecule has 2 aromatic heterocycles. The minimum atomic E-state index is 0.837. The van der Waals surface area contributed by atoms with E-state index in [9.17, 15) is 0 Å². The minimum Gasteiger partial charge on any atom is -0.353 e. The Morgan fingerprint density at radius 2 is 1.45 bits per heavy atom. The van der Waals surface area contributed by atoms with Crippen molar-refractivity contribution in [3.05, 3.63) is 88.4 Å². The molecule has 1 saturated heterocycles. The van der Waals surface area contributed by atoms with Gasteiger partial charge in [0.1, 0.15) is 17.5 Å². The molecule has 1 fully saturated rings. The zero-order valence-electron chi connectivity index (χ0n) is 20.0. The van der Waals surface area contributed by atoms with Crippen LogP contribution in [0.3, 0.4) is 0 Å². The summed E-state index contributed by atoms with van der Waals surface area (Å²) < 4.78 is 0. The molecule has 2 aromatic carbocycles. The fraction of sp³-hybridized carbons (Fsp3) is 0.321. The van der Waals surface area contributed by atoms with Crippen molar-refractivity contribution in [2.24, 2.45) is 0 Å². The van der Waals surface area contributed by atoms with Crippen LogP contribution in [0.4, 0.5) is 11.6 Å². The van der Waals surface area contributed by atoms with E-state index in [2.05, 4.69) is 90.2 Å². The Bertz CT molecular complexity index is 1290. The first-order valence-electron chi connectivity index (χ1n) is 11.7. The van der Waals surface area contributed by atoms with Gasteiger partial charge in [-0.25, -0.2) is 15.0 Å². The van der Waals surface area contributed by atoms with Gasteiger partial charge in [0.25, 0.3) is 0 Å². The summed E-state index contributed by atoms with van der Waals surface area (Å²) in [6, 6.07) is 19.3. The van der Waals surface area contributed by atoms with Crippen LogP contribution in [-0.2, 0) is 6.42 Å². The smallest absolute Gasteiger partial charge is 0.136 e. The topological polar surface area (TPSA) is 45.2 Å². The van der Waals surface area contributed by atoms with Crippen molar-refractivity contribution in [2.45, 2.75) is 34.1 Å². The van der Waals surface area contributed by atoms with Crippen molar-refractivity contribution in [3.63, 3.8) is 0 Å². The number of aryl methyl sites for hydroxylation is 4. The highest BCUT2D eigenvalue weighted by molar-refractivity contribution is 5.86. The van der Waals surface area contributed by atoms with E-state index in [-0.39, 0.29) is 0 Å². The van der Waals surface area contributed by atoms with E-state index in [0.717, 1.165) is 61.3 Å². The zero-order chi connectivity index (χ0) is 22.9. The van der Waals surface area contributed by atoms with Crippen LogP contribution in [0, 0.1) is 27.7 Å².